The van der Waals surface area contributed by atoms with Crippen LogP contribution >= 0.6 is 24.0 Å². The van der Waals surface area contributed by atoms with E-state index in [0.717, 1.165) is 18.2 Å². The number of benzene rings is 1. The van der Waals surface area contributed by atoms with E-state index in [0.29, 0.717) is 13.0 Å². The molecule has 5 nitrogen and oxygen atoms in total. The van der Waals surface area contributed by atoms with E-state index in [4.69, 9.17) is 0 Å². The number of hydrogen-bond donors (Lipinski definition) is 2. The van der Waals surface area contributed by atoms with Crippen molar-refractivity contribution >= 4 is 41.5 Å². The first-order chi connectivity index (χ1) is 9.24. The largest absolute Gasteiger partial charge is 0.357 e. The smallest absolute Gasteiger partial charge is 0.229 e. The fourth-order valence-electron chi connectivity index (χ4n) is 2.22. The van der Waals surface area contributed by atoms with E-state index in [1.807, 2.05) is 42.2 Å². The first-order valence-corrected chi connectivity index (χ1v) is 6.57. The second-order valence-corrected chi connectivity index (χ2v) is 4.49. The Morgan fingerprint density at radius 1 is 1.40 bits per heavy atom. The summed E-state index contributed by atoms with van der Waals surface area (Å²) < 4.78 is 0. The molecule has 6 heteroatoms. The van der Waals surface area contributed by atoms with Crippen molar-refractivity contribution in [3.8, 4) is 0 Å². The van der Waals surface area contributed by atoms with Crippen molar-refractivity contribution < 1.29 is 4.79 Å². The van der Waals surface area contributed by atoms with Crippen molar-refractivity contribution in [2.24, 2.45) is 4.99 Å². The molecule has 0 bridgehead atoms. The van der Waals surface area contributed by atoms with Gasteiger partial charge in [-0.1, -0.05) is 18.2 Å². The van der Waals surface area contributed by atoms with Crippen LogP contribution in [-0.4, -0.2) is 38.0 Å². The number of aliphatic imine (C=N–C) groups is 1. The van der Waals surface area contributed by atoms with E-state index in [1.54, 1.807) is 7.05 Å². The number of nitrogens with one attached hydrogen (secondary N) is 2. The summed E-state index contributed by atoms with van der Waals surface area (Å²) in [5.74, 6) is 0.894. The minimum Gasteiger partial charge on any atom is -0.357 e. The highest BCUT2D eigenvalue weighted by atomic mass is 127. The van der Waals surface area contributed by atoms with Crippen LogP contribution in [0.4, 0.5) is 5.69 Å². The van der Waals surface area contributed by atoms with E-state index in [-0.39, 0.29) is 35.9 Å². The third-order valence-corrected chi connectivity index (χ3v) is 3.10. The second kappa shape index (κ2) is 8.08. The zero-order chi connectivity index (χ0) is 13.7. The summed E-state index contributed by atoms with van der Waals surface area (Å²) in [6.45, 7) is 3.50. The molecule has 1 unspecified atom stereocenters. The van der Waals surface area contributed by atoms with Gasteiger partial charge in [-0.25, -0.2) is 0 Å². The number of para-hydroxylation sites is 1. The number of carbonyl (C=O) groups excluding carboxylic acids is 1. The molecule has 1 aliphatic rings. The molecule has 0 spiro atoms. The van der Waals surface area contributed by atoms with Crippen LogP contribution in [0.2, 0.25) is 0 Å². The molecular formula is C14H21IN4O. The zero-order valence-corrected chi connectivity index (χ0v) is 14.1. The molecule has 1 aromatic carbocycles. The van der Waals surface area contributed by atoms with Crippen LogP contribution in [0.25, 0.3) is 0 Å². The van der Waals surface area contributed by atoms with E-state index >= 15 is 0 Å². The number of anilines is 1. The molecule has 1 saturated heterocycles. The van der Waals surface area contributed by atoms with Gasteiger partial charge in [-0.05, 0) is 19.1 Å². The Hall–Kier alpha value is -1.31. The first-order valence-electron chi connectivity index (χ1n) is 6.57. The maximum Gasteiger partial charge on any atom is 0.229 e. The lowest BCUT2D eigenvalue weighted by Crippen LogP contribution is -2.44. The molecule has 1 atom stereocenters. The number of carbonyl (C=O) groups is 1. The fourth-order valence-corrected chi connectivity index (χ4v) is 2.22. The Kier molecular flexibility index (Phi) is 6.77. The van der Waals surface area contributed by atoms with Crippen molar-refractivity contribution in [3.63, 3.8) is 0 Å². The highest BCUT2D eigenvalue weighted by Gasteiger charge is 2.30. The van der Waals surface area contributed by atoms with Crippen molar-refractivity contribution in [3.05, 3.63) is 30.3 Å². The molecule has 0 aliphatic carbocycles. The minimum absolute atomic E-state index is 0. The standard InChI is InChI=1S/C14H20N4O.HI/c1-3-16-14(15-2)17-11-9-13(19)18(10-11)12-7-5-4-6-8-12;/h4-8,11H,3,9-10H2,1-2H3,(H2,15,16,17);1H. The summed E-state index contributed by atoms with van der Waals surface area (Å²) >= 11 is 0. The van der Waals surface area contributed by atoms with Gasteiger partial charge in [0, 0.05) is 32.2 Å². The molecule has 1 amide bonds. The van der Waals surface area contributed by atoms with Crippen molar-refractivity contribution in [2.45, 2.75) is 19.4 Å². The van der Waals surface area contributed by atoms with Gasteiger partial charge in [-0.15, -0.1) is 24.0 Å². The van der Waals surface area contributed by atoms with E-state index in [1.165, 1.54) is 0 Å². The Labute approximate surface area is 136 Å². The van der Waals surface area contributed by atoms with Gasteiger partial charge >= 0.3 is 0 Å². The van der Waals surface area contributed by atoms with Gasteiger partial charge in [-0.3, -0.25) is 9.79 Å². The lowest BCUT2D eigenvalue weighted by molar-refractivity contribution is -0.117. The SMILES string of the molecule is CCNC(=NC)NC1CC(=O)N(c2ccccc2)C1.I. The van der Waals surface area contributed by atoms with Crippen LogP contribution in [-0.2, 0) is 4.79 Å². The zero-order valence-electron chi connectivity index (χ0n) is 11.8. The molecule has 2 N–H and O–H groups in total. The summed E-state index contributed by atoms with van der Waals surface area (Å²) in [6.07, 6.45) is 0.499. The lowest BCUT2D eigenvalue weighted by atomic mass is 10.2. The van der Waals surface area contributed by atoms with Gasteiger partial charge in [0.2, 0.25) is 5.91 Å². The molecule has 0 aromatic heterocycles. The maximum absolute atomic E-state index is 12.0. The van der Waals surface area contributed by atoms with Crippen LogP contribution < -0.4 is 15.5 Å². The average molecular weight is 388 g/mol. The third-order valence-electron chi connectivity index (χ3n) is 3.10. The van der Waals surface area contributed by atoms with E-state index in [9.17, 15) is 4.79 Å². The van der Waals surface area contributed by atoms with Crippen molar-refractivity contribution in [2.75, 3.05) is 25.0 Å². The molecule has 1 heterocycles. The molecule has 1 fully saturated rings. The maximum atomic E-state index is 12.0. The number of nitrogens with zero attached hydrogens (tertiary/aromatic N) is 2. The predicted octanol–water partition coefficient (Wildman–Crippen LogP) is 1.59. The molecule has 110 valence electrons. The summed E-state index contributed by atoms with van der Waals surface area (Å²) in [4.78, 5) is 18.0. The summed E-state index contributed by atoms with van der Waals surface area (Å²) in [5, 5.41) is 6.41. The van der Waals surface area contributed by atoms with Gasteiger partial charge in [0.25, 0.3) is 0 Å². The normalized spacial score (nSPS) is 18.7. The third kappa shape index (κ3) is 4.09. The summed E-state index contributed by atoms with van der Waals surface area (Å²) in [5.41, 5.74) is 0.954. The molecule has 2 rings (SSSR count). The van der Waals surface area contributed by atoms with Gasteiger partial charge in [0.15, 0.2) is 5.96 Å². The number of rotatable bonds is 3. The molecule has 0 radical (unpaired) electrons. The van der Waals surface area contributed by atoms with Crippen molar-refractivity contribution in [1.82, 2.24) is 10.6 Å². The average Bonchev–Trinajstić information content (AvgIpc) is 2.80. The van der Waals surface area contributed by atoms with E-state index in [2.05, 4.69) is 15.6 Å². The Bertz CT molecular complexity index is 464. The first kappa shape index (κ1) is 16.7. The molecule has 1 aliphatic heterocycles. The van der Waals surface area contributed by atoms with Gasteiger partial charge in [-0.2, -0.15) is 0 Å². The summed E-state index contributed by atoms with van der Waals surface area (Å²) in [7, 11) is 1.73. The van der Waals surface area contributed by atoms with Gasteiger partial charge in [0.05, 0.1) is 6.04 Å². The number of hydrogen-bond acceptors (Lipinski definition) is 2. The number of amides is 1. The number of halogens is 1. The van der Waals surface area contributed by atoms with Crippen LogP contribution in [0.15, 0.2) is 35.3 Å². The van der Waals surface area contributed by atoms with Crippen LogP contribution in [0.1, 0.15) is 13.3 Å². The minimum atomic E-state index is 0. The Balaban J connectivity index is 0.00000200. The van der Waals surface area contributed by atoms with Crippen LogP contribution in [0, 0.1) is 0 Å². The fraction of sp³-hybridized carbons (Fsp3) is 0.429. The number of guanidine groups is 1. The van der Waals surface area contributed by atoms with Crippen LogP contribution in [0.5, 0.6) is 0 Å². The topological polar surface area (TPSA) is 56.7 Å². The molecule has 1 aromatic rings. The molecule has 0 saturated carbocycles. The van der Waals surface area contributed by atoms with E-state index < -0.39 is 0 Å². The predicted molar refractivity (Wildman–Crippen MR) is 92.8 cm³/mol. The Morgan fingerprint density at radius 3 is 2.70 bits per heavy atom. The van der Waals surface area contributed by atoms with Gasteiger partial charge in [0.1, 0.15) is 0 Å². The molecule has 20 heavy (non-hydrogen) atoms. The lowest BCUT2D eigenvalue weighted by Gasteiger charge is -2.18. The van der Waals surface area contributed by atoms with Crippen molar-refractivity contribution in [1.29, 1.82) is 0 Å². The second-order valence-electron chi connectivity index (χ2n) is 4.49. The highest BCUT2D eigenvalue weighted by Crippen LogP contribution is 2.20. The summed E-state index contributed by atoms with van der Waals surface area (Å²) in [6, 6.07) is 9.86. The van der Waals surface area contributed by atoms with Crippen LogP contribution in [0.3, 0.4) is 0 Å². The monoisotopic (exact) mass is 388 g/mol. The Morgan fingerprint density at radius 2 is 2.10 bits per heavy atom. The van der Waals surface area contributed by atoms with Gasteiger partial charge < -0.3 is 15.5 Å². The highest BCUT2D eigenvalue weighted by molar-refractivity contribution is 14.0. The molecular weight excluding hydrogens is 367 g/mol. The quantitative estimate of drug-likeness (QED) is 0.470.